The molecule has 0 saturated heterocycles. The maximum Gasteiger partial charge on any atom is 0.315 e. The molecule has 2 saturated carbocycles. The number of aliphatic hydroxyl groups excluding tert-OH is 1. The van der Waals surface area contributed by atoms with Crippen LogP contribution in [-0.2, 0) is 0 Å². The van der Waals surface area contributed by atoms with Crippen molar-refractivity contribution >= 4 is 6.03 Å². The molecule has 0 radical (unpaired) electrons. The average Bonchev–Trinajstić information content (AvgIpc) is 3.38. The van der Waals surface area contributed by atoms with Gasteiger partial charge in [0, 0.05) is 0 Å². The molecule has 0 heterocycles. The maximum atomic E-state index is 13.1. The van der Waals surface area contributed by atoms with Crippen LogP contribution in [0.3, 0.4) is 0 Å². The van der Waals surface area contributed by atoms with Gasteiger partial charge in [0.2, 0.25) is 0 Å². The molecule has 0 bridgehead atoms. The Labute approximate surface area is 130 Å². The molecule has 0 aromatic heterocycles. The molecule has 2 aliphatic rings. The number of carbonyl (C=O) groups is 1. The summed E-state index contributed by atoms with van der Waals surface area (Å²) >= 11 is 0. The highest BCUT2D eigenvalue weighted by atomic mass is 19.1. The molecule has 5 heteroatoms. The summed E-state index contributed by atoms with van der Waals surface area (Å²) in [5.74, 6) is 0.496. The highest BCUT2D eigenvalue weighted by Gasteiger charge is 2.43. The predicted molar refractivity (Wildman–Crippen MR) is 81.7 cm³/mol. The zero-order valence-corrected chi connectivity index (χ0v) is 12.8. The lowest BCUT2D eigenvalue weighted by Crippen LogP contribution is -2.54. The Kier molecular flexibility index (Phi) is 4.08. The first-order valence-corrected chi connectivity index (χ1v) is 7.97. The first-order chi connectivity index (χ1) is 10.5. The van der Waals surface area contributed by atoms with E-state index in [1.807, 2.05) is 6.92 Å². The van der Waals surface area contributed by atoms with Gasteiger partial charge in [-0.25, -0.2) is 9.18 Å². The molecule has 2 unspecified atom stereocenters. The van der Waals surface area contributed by atoms with E-state index in [1.165, 1.54) is 12.1 Å². The fourth-order valence-electron chi connectivity index (χ4n) is 3.00. The number of hydrogen-bond donors (Lipinski definition) is 3. The lowest BCUT2D eigenvalue weighted by molar-refractivity contribution is 0.153. The van der Waals surface area contributed by atoms with E-state index in [2.05, 4.69) is 10.6 Å². The molecule has 2 amide bonds. The second kappa shape index (κ2) is 5.88. The van der Waals surface area contributed by atoms with Crippen molar-refractivity contribution in [3.63, 3.8) is 0 Å². The third-order valence-corrected chi connectivity index (χ3v) is 4.82. The number of halogens is 1. The number of nitrogens with one attached hydrogen (secondary N) is 2. The molecule has 120 valence electrons. The Morgan fingerprint density at radius 1 is 1.32 bits per heavy atom. The summed E-state index contributed by atoms with van der Waals surface area (Å²) in [6, 6.07) is 5.95. The molecule has 3 rings (SSSR count). The molecular weight excluding hydrogens is 283 g/mol. The van der Waals surface area contributed by atoms with Gasteiger partial charge in [-0.1, -0.05) is 12.1 Å². The van der Waals surface area contributed by atoms with Crippen LogP contribution in [-0.4, -0.2) is 23.3 Å². The van der Waals surface area contributed by atoms with Crippen LogP contribution in [0.4, 0.5) is 9.18 Å². The van der Waals surface area contributed by atoms with E-state index >= 15 is 0 Å². The van der Waals surface area contributed by atoms with Crippen LogP contribution in [0.2, 0.25) is 0 Å². The molecule has 1 aromatic carbocycles. The normalized spacial score (nSPS) is 21.8. The lowest BCUT2D eigenvalue weighted by Gasteiger charge is -2.30. The maximum absolute atomic E-state index is 13.1. The van der Waals surface area contributed by atoms with Crippen molar-refractivity contribution in [3.05, 3.63) is 35.6 Å². The van der Waals surface area contributed by atoms with Gasteiger partial charge in [0.1, 0.15) is 5.82 Å². The van der Waals surface area contributed by atoms with Gasteiger partial charge >= 0.3 is 6.03 Å². The number of amides is 2. The first-order valence-electron chi connectivity index (χ1n) is 7.97. The smallest absolute Gasteiger partial charge is 0.315 e. The highest BCUT2D eigenvalue weighted by molar-refractivity contribution is 5.75. The zero-order chi connectivity index (χ0) is 15.7. The quantitative estimate of drug-likeness (QED) is 0.757. The minimum absolute atomic E-state index is 0.0598. The summed E-state index contributed by atoms with van der Waals surface area (Å²) in [5, 5.41) is 15.5. The van der Waals surface area contributed by atoms with Gasteiger partial charge < -0.3 is 15.7 Å². The molecule has 2 aliphatic carbocycles. The van der Waals surface area contributed by atoms with E-state index in [9.17, 15) is 14.3 Å². The van der Waals surface area contributed by atoms with Crippen LogP contribution in [0.25, 0.3) is 0 Å². The Balaban J connectivity index is 1.66. The van der Waals surface area contributed by atoms with E-state index in [4.69, 9.17) is 0 Å². The summed E-state index contributed by atoms with van der Waals surface area (Å²) in [5.41, 5.74) is 0.372. The fraction of sp³-hybridized carbons (Fsp3) is 0.588. The minimum atomic E-state index is -0.555. The van der Waals surface area contributed by atoms with Crippen LogP contribution in [0.15, 0.2) is 24.3 Å². The summed E-state index contributed by atoms with van der Waals surface area (Å²) in [6.45, 7) is 1.82. The SMILES string of the molecule is CC(CO)(NC(=O)NC(c1ccc(F)cc1)C1CC1)C1CC1. The topological polar surface area (TPSA) is 61.4 Å². The van der Waals surface area contributed by atoms with E-state index in [-0.39, 0.29) is 24.5 Å². The van der Waals surface area contributed by atoms with E-state index in [1.54, 1.807) is 12.1 Å². The van der Waals surface area contributed by atoms with Gasteiger partial charge in [0.15, 0.2) is 0 Å². The Morgan fingerprint density at radius 3 is 2.45 bits per heavy atom. The van der Waals surface area contributed by atoms with Gasteiger partial charge in [-0.15, -0.1) is 0 Å². The second-order valence-electron chi connectivity index (χ2n) is 6.81. The Hall–Kier alpha value is -1.62. The standard InChI is InChI=1S/C17H23FN2O2/c1-17(10-21,13-6-7-13)20-16(22)19-15(11-2-3-11)12-4-8-14(18)9-5-12/h4-5,8-9,11,13,15,21H,2-3,6-7,10H2,1H3,(H2,19,20,22). The molecular formula is C17H23FN2O2. The van der Waals surface area contributed by atoms with Crippen molar-refractivity contribution < 1.29 is 14.3 Å². The summed E-state index contributed by atoms with van der Waals surface area (Å²) in [6.07, 6.45) is 4.23. The van der Waals surface area contributed by atoms with E-state index in [0.29, 0.717) is 11.8 Å². The minimum Gasteiger partial charge on any atom is -0.394 e. The lowest BCUT2D eigenvalue weighted by atomic mass is 9.97. The molecule has 1 aromatic rings. The third kappa shape index (κ3) is 3.40. The molecule has 0 spiro atoms. The first kappa shape index (κ1) is 15.3. The Morgan fingerprint density at radius 2 is 1.95 bits per heavy atom. The number of aliphatic hydroxyl groups is 1. The van der Waals surface area contributed by atoms with Crippen molar-refractivity contribution in [3.8, 4) is 0 Å². The largest absolute Gasteiger partial charge is 0.394 e. The van der Waals surface area contributed by atoms with Gasteiger partial charge in [0.05, 0.1) is 18.2 Å². The number of rotatable bonds is 6. The number of carbonyl (C=O) groups excluding carboxylic acids is 1. The van der Waals surface area contributed by atoms with E-state index < -0.39 is 5.54 Å². The molecule has 2 atom stereocenters. The third-order valence-electron chi connectivity index (χ3n) is 4.82. The van der Waals surface area contributed by atoms with Crippen molar-refractivity contribution in [1.29, 1.82) is 0 Å². The Bertz CT molecular complexity index is 540. The van der Waals surface area contributed by atoms with Gasteiger partial charge in [-0.2, -0.15) is 0 Å². The monoisotopic (exact) mass is 306 g/mol. The zero-order valence-electron chi connectivity index (χ0n) is 12.8. The van der Waals surface area contributed by atoms with Crippen LogP contribution in [0.1, 0.15) is 44.2 Å². The second-order valence-corrected chi connectivity index (χ2v) is 6.81. The van der Waals surface area contributed by atoms with Crippen molar-refractivity contribution in [1.82, 2.24) is 10.6 Å². The van der Waals surface area contributed by atoms with Crippen molar-refractivity contribution in [2.24, 2.45) is 11.8 Å². The molecule has 22 heavy (non-hydrogen) atoms. The summed E-state index contributed by atoms with van der Waals surface area (Å²) in [4.78, 5) is 12.3. The number of urea groups is 1. The van der Waals surface area contributed by atoms with Gasteiger partial charge in [0.25, 0.3) is 0 Å². The molecule has 3 N–H and O–H groups in total. The highest BCUT2D eigenvalue weighted by Crippen LogP contribution is 2.42. The molecule has 4 nitrogen and oxygen atoms in total. The van der Waals surface area contributed by atoms with Crippen LogP contribution in [0, 0.1) is 17.7 Å². The van der Waals surface area contributed by atoms with Crippen molar-refractivity contribution in [2.45, 2.75) is 44.2 Å². The van der Waals surface area contributed by atoms with Crippen LogP contribution >= 0.6 is 0 Å². The van der Waals surface area contributed by atoms with E-state index in [0.717, 1.165) is 31.2 Å². The number of hydrogen-bond acceptors (Lipinski definition) is 2. The number of benzene rings is 1. The summed E-state index contributed by atoms with van der Waals surface area (Å²) < 4.78 is 13.1. The van der Waals surface area contributed by atoms with Crippen LogP contribution < -0.4 is 10.6 Å². The van der Waals surface area contributed by atoms with Crippen molar-refractivity contribution in [2.75, 3.05) is 6.61 Å². The van der Waals surface area contributed by atoms with Gasteiger partial charge in [-0.05, 0) is 62.1 Å². The summed E-state index contributed by atoms with van der Waals surface area (Å²) in [7, 11) is 0. The molecule has 0 aliphatic heterocycles. The predicted octanol–water partition coefficient (Wildman–Crippen LogP) is 2.74. The van der Waals surface area contributed by atoms with Crippen LogP contribution in [0.5, 0.6) is 0 Å². The average molecular weight is 306 g/mol. The van der Waals surface area contributed by atoms with Gasteiger partial charge in [-0.3, -0.25) is 0 Å². The fourth-order valence-corrected chi connectivity index (χ4v) is 3.00. The molecule has 2 fully saturated rings.